The van der Waals surface area contributed by atoms with Crippen molar-refractivity contribution in [3.8, 4) is 11.8 Å². The molecule has 3 aromatic rings. The Morgan fingerprint density at radius 2 is 1.91 bits per heavy atom. The normalized spacial score (nSPS) is 17.1. The first kappa shape index (κ1) is 21.8. The standard InChI is InChI=1S/C23H27N5O4/c1-16-24-22(32-26-16)19-15-28(13-7-12-27(19)14-17-8-5-4-6-9-17)23(29)18-10-11-20(30-2)25-21(18)31-3/h4-6,8-11,19H,7,12-15H2,1-3H3. The second-order valence-electron chi connectivity index (χ2n) is 7.67. The highest BCUT2D eigenvalue weighted by atomic mass is 16.5. The van der Waals surface area contributed by atoms with Gasteiger partial charge in [0.1, 0.15) is 11.6 Å². The van der Waals surface area contributed by atoms with Gasteiger partial charge in [-0.1, -0.05) is 35.5 Å². The predicted octanol–water partition coefficient (Wildman–Crippen LogP) is 2.88. The number of hydrogen-bond donors (Lipinski definition) is 0. The molecule has 0 radical (unpaired) electrons. The summed E-state index contributed by atoms with van der Waals surface area (Å²) in [6.45, 7) is 4.33. The number of amides is 1. The largest absolute Gasteiger partial charge is 0.481 e. The second-order valence-corrected chi connectivity index (χ2v) is 7.67. The Labute approximate surface area is 187 Å². The number of methoxy groups -OCH3 is 2. The van der Waals surface area contributed by atoms with Crippen LogP contribution in [0.4, 0.5) is 0 Å². The van der Waals surface area contributed by atoms with Crippen molar-refractivity contribution in [2.75, 3.05) is 33.9 Å². The molecular weight excluding hydrogens is 410 g/mol. The molecule has 0 aliphatic carbocycles. The smallest absolute Gasteiger partial charge is 0.259 e. The molecule has 0 saturated carbocycles. The van der Waals surface area contributed by atoms with E-state index >= 15 is 0 Å². The molecule has 3 heterocycles. The molecule has 4 rings (SSSR count). The highest BCUT2D eigenvalue weighted by Crippen LogP contribution is 2.28. The lowest BCUT2D eigenvalue weighted by Gasteiger charge is -2.29. The fourth-order valence-electron chi connectivity index (χ4n) is 3.94. The second kappa shape index (κ2) is 9.78. The summed E-state index contributed by atoms with van der Waals surface area (Å²) in [5.41, 5.74) is 1.58. The van der Waals surface area contributed by atoms with Gasteiger partial charge in [0.25, 0.3) is 5.91 Å². The molecule has 0 spiro atoms. The number of hydrogen-bond acceptors (Lipinski definition) is 8. The molecule has 1 saturated heterocycles. The van der Waals surface area contributed by atoms with E-state index in [0.29, 0.717) is 36.2 Å². The molecule has 1 aliphatic rings. The Bertz CT molecular complexity index is 1060. The van der Waals surface area contributed by atoms with Crippen molar-refractivity contribution in [3.05, 3.63) is 65.3 Å². The summed E-state index contributed by atoms with van der Waals surface area (Å²) in [5.74, 6) is 1.56. The molecule has 1 amide bonds. The van der Waals surface area contributed by atoms with E-state index in [9.17, 15) is 4.79 Å². The molecule has 1 aliphatic heterocycles. The Morgan fingerprint density at radius 3 is 2.59 bits per heavy atom. The van der Waals surface area contributed by atoms with Gasteiger partial charge in [-0.25, -0.2) is 0 Å². The molecule has 0 N–H and O–H groups in total. The zero-order valence-corrected chi connectivity index (χ0v) is 18.5. The fraction of sp³-hybridized carbons (Fsp3) is 0.391. The summed E-state index contributed by atoms with van der Waals surface area (Å²) in [4.78, 5) is 26.3. The quantitative estimate of drug-likeness (QED) is 0.581. The van der Waals surface area contributed by atoms with Crippen LogP contribution >= 0.6 is 0 Å². The summed E-state index contributed by atoms with van der Waals surface area (Å²) in [6.07, 6.45) is 0.814. The molecular formula is C23H27N5O4. The minimum absolute atomic E-state index is 0.153. The minimum Gasteiger partial charge on any atom is -0.481 e. The van der Waals surface area contributed by atoms with Crippen molar-refractivity contribution < 1.29 is 18.8 Å². The number of pyridine rings is 1. The average Bonchev–Trinajstić information content (AvgIpc) is 3.15. The van der Waals surface area contributed by atoms with Gasteiger partial charge >= 0.3 is 0 Å². The highest BCUT2D eigenvalue weighted by Gasteiger charge is 2.33. The SMILES string of the molecule is COc1ccc(C(=O)N2CCCN(Cc3ccccc3)C(c3nc(C)no3)C2)c(OC)n1. The Morgan fingerprint density at radius 1 is 1.09 bits per heavy atom. The first-order valence-electron chi connectivity index (χ1n) is 10.6. The van der Waals surface area contributed by atoms with Crippen molar-refractivity contribution >= 4 is 5.91 Å². The first-order chi connectivity index (χ1) is 15.6. The molecule has 1 aromatic carbocycles. The molecule has 32 heavy (non-hydrogen) atoms. The monoisotopic (exact) mass is 437 g/mol. The third-order valence-electron chi connectivity index (χ3n) is 5.52. The fourth-order valence-corrected chi connectivity index (χ4v) is 3.94. The van der Waals surface area contributed by atoms with Crippen LogP contribution in [0.15, 0.2) is 47.0 Å². The molecule has 9 heteroatoms. The molecule has 1 unspecified atom stereocenters. The zero-order valence-electron chi connectivity index (χ0n) is 18.5. The van der Waals surface area contributed by atoms with Crippen molar-refractivity contribution in [2.24, 2.45) is 0 Å². The van der Waals surface area contributed by atoms with Crippen LogP contribution in [-0.2, 0) is 6.54 Å². The van der Waals surface area contributed by atoms with Crippen LogP contribution in [0.1, 0.15) is 40.1 Å². The van der Waals surface area contributed by atoms with E-state index in [4.69, 9.17) is 14.0 Å². The van der Waals surface area contributed by atoms with E-state index in [2.05, 4.69) is 32.2 Å². The van der Waals surface area contributed by atoms with Gasteiger partial charge in [0.05, 0.1) is 14.2 Å². The highest BCUT2D eigenvalue weighted by molar-refractivity contribution is 5.96. The summed E-state index contributed by atoms with van der Waals surface area (Å²) >= 11 is 0. The maximum Gasteiger partial charge on any atom is 0.259 e. The van der Waals surface area contributed by atoms with E-state index in [1.165, 1.54) is 19.8 Å². The Kier molecular flexibility index (Phi) is 6.65. The number of nitrogens with zero attached hydrogens (tertiary/aromatic N) is 5. The van der Waals surface area contributed by atoms with Crippen molar-refractivity contribution in [3.63, 3.8) is 0 Å². The lowest BCUT2D eigenvalue weighted by atomic mass is 10.1. The zero-order chi connectivity index (χ0) is 22.5. The van der Waals surface area contributed by atoms with Crippen molar-refractivity contribution in [1.82, 2.24) is 24.9 Å². The molecule has 0 bridgehead atoms. The summed E-state index contributed by atoms with van der Waals surface area (Å²) in [7, 11) is 3.02. The molecule has 1 fully saturated rings. The van der Waals surface area contributed by atoms with E-state index < -0.39 is 0 Å². The summed E-state index contributed by atoms with van der Waals surface area (Å²) < 4.78 is 16.1. The molecule has 1 atom stereocenters. The van der Waals surface area contributed by atoms with Crippen LogP contribution in [0, 0.1) is 6.92 Å². The van der Waals surface area contributed by atoms with Crippen LogP contribution in [-0.4, -0.2) is 64.7 Å². The third-order valence-corrected chi connectivity index (χ3v) is 5.52. The maximum absolute atomic E-state index is 13.5. The third kappa shape index (κ3) is 4.72. The number of aryl methyl sites for hydroxylation is 1. The average molecular weight is 438 g/mol. The van der Waals surface area contributed by atoms with Crippen LogP contribution in [0.3, 0.4) is 0 Å². The number of rotatable bonds is 6. The number of aromatic nitrogens is 3. The van der Waals surface area contributed by atoms with Gasteiger partial charge in [0.15, 0.2) is 5.82 Å². The van der Waals surface area contributed by atoms with Crippen LogP contribution in [0.2, 0.25) is 0 Å². The topological polar surface area (TPSA) is 93.8 Å². The van der Waals surface area contributed by atoms with Crippen LogP contribution < -0.4 is 9.47 Å². The predicted molar refractivity (Wildman–Crippen MR) is 116 cm³/mol. The van der Waals surface area contributed by atoms with Crippen LogP contribution in [0.25, 0.3) is 0 Å². The van der Waals surface area contributed by atoms with Gasteiger partial charge in [0, 0.05) is 32.2 Å². The summed E-state index contributed by atoms with van der Waals surface area (Å²) in [6, 6.07) is 13.4. The number of carbonyl (C=O) groups is 1. The molecule has 9 nitrogen and oxygen atoms in total. The maximum atomic E-state index is 13.5. The van der Waals surface area contributed by atoms with Gasteiger partial charge in [-0.15, -0.1) is 0 Å². The van der Waals surface area contributed by atoms with Crippen molar-refractivity contribution in [1.29, 1.82) is 0 Å². The first-order valence-corrected chi connectivity index (χ1v) is 10.6. The molecule has 168 valence electrons. The lowest BCUT2D eigenvalue weighted by molar-refractivity contribution is 0.0707. The Balaban J connectivity index is 1.62. The van der Waals surface area contributed by atoms with Gasteiger partial charge in [-0.2, -0.15) is 9.97 Å². The minimum atomic E-state index is -0.222. The Hall–Kier alpha value is -3.46. The van der Waals surface area contributed by atoms with E-state index in [1.54, 1.807) is 24.0 Å². The lowest BCUT2D eigenvalue weighted by Crippen LogP contribution is -2.38. The number of benzene rings is 1. The van der Waals surface area contributed by atoms with Crippen molar-refractivity contribution in [2.45, 2.75) is 25.9 Å². The van der Waals surface area contributed by atoms with Crippen LogP contribution in [0.5, 0.6) is 11.8 Å². The van der Waals surface area contributed by atoms with E-state index in [-0.39, 0.29) is 17.8 Å². The number of carbonyl (C=O) groups excluding carboxylic acids is 1. The molecule has 2 aromatic heterocycles. The van der Waals surface area contributed by atoms with Gasteiger partial charge in [-0.3, -0.25) is 9.69 Å². The van der Waals surface area contributed by atoms with Gasteiger partial charge in [-0.05, 0) is 25.0 Å². The number of ether oxygens (including phenoxy) is 2. The van der Waals surface area contributed by atoms with E-state index in [0.717, 1.165) is 19.5 Å². The van der Waals surface area contributed by atoms with E-state index in [1.807, 2.05) is 18.2 Å². The summed E-state index contributed by atoms with van der Waals surface area (Å²) in [5, 5.41) is 3.98. The van der Waals surface area contributed by atoms with Gasteiger partial charge in [0.2, 0.25) is 17.7 Å². The van der Waals surface area contributed by atoms with Gasteiger partial charge < -0.3 is 18.9 Å².